The largest absolute Gasteiger partial charge is 0.416 e. The molecule has 0 radical (unpaired) electrons. The zero-order valence-corrected chi connectivity index (χ0v) is 23.6. The first-order valence-electron chi connectivity index (χ1n) is 13.2. The standard InChI is InChI=1S/C28H27Cl2F4N3O2S/c29-24-10-5-20(28(32,33)34)12-26(24)40(38,39)36(15-17-1-2-17)16-21-4-3-19-11-25-18(13-27(19,21)30)14-35-37(25)23-8-6-22(31)7-9-23/h5-12,14,17-18,21,25H,1-4,13,15-16H2/t18?,21-,25?,27-/m1/s1. The fourth-order valence-corrected chi connectivity index (χ4v) is 8.73. The van der Waals surface area contributed by atoms with E-state index >= 15 is 0 Å². The van der Waals surface area contributed by atoms with Crippen LogP contribution in [-0.4, -0.2) is 42.9 Å². The third-order valence-corrected chi connectivity index (χ3v) is 11.5. The molecule has 0 amide bonds. The molecule has 5 nitrogen and oxygen atoms in total. The Morgan fingerprint density at radius 1 is 1.07 bits per heavy atom. The van der Waals surface area contributed by atoms with E-state index in [1.165, 1.54) is 16.4 Å². The zero-order valence-electron chi connectivity index (χ0n) is 21.3. The number of nitrogens with zero attached hydrogens (tertiary/aromatic N) is 3. The van der Waals surface area contributed by atoms with Gasteiger partial charge in [0.25, 0.3) is 0 Å². The molecule has 3 aliphatic carbocycles. The Hall–Kier alpha value is -2.14. The predicted molar refractivity (Wildman–Crippen MR) is 147 cm³/mol. The molecule has 40 heavy (non-hydrogen) atoms. The van der Waals surface area contributed by atoms with Crippen LogP contribution in [0.3, 0.4) is 0 Å². The molecule has 1 heterocycles. The van der Waals surface area contributed by atoms with Crippen molar-refractivity contribution in [3.63, 3.8) is 0 Å². The molecule has 0 N–H and O–H groups in total. The number of anilines is 1. The summed E-state index contributed by atoms with van der Waals surface area (Å²) in [6.07, 6.45) is 2.82. The third kappa shape index (κ3) is 5.05. The van der Waals surface area contributed by atoms with Gasteiger partial charge in [0.2, 0.25) is 10.0 Å². The maximum atomic E-state index is 13.8. The second kappa shape index (κ2) is 10.00. The normalized spacial score (nSPS) is 28.1. The Labute approximate surface area is 240 Å². The second-order valence-electron chi connectivity index (χ2n) is 11.1. The Balaban J connectivity index is 1.28. The van der Waals surface area contributed by atoms with E-state index in [-0.39, 0.29) is 47.7 Å². The van der Waals surface area contributed by atoms with E-state index in [0.29, 0.717) is 25.3 Å². The van der Waals surface area contributed by atoms with Gasteiger partial charge < -0.3 is 0 Å². The first kappa shape index (κ1) is 28.0. The van der Waals surface area contributed by atoms with Gasteiger partial charge in [-0.15, -0.1) is 11.6 Å². The Kier molecular flexibility index (Phi) is 7.00. The zero-order chi connectivity index (χ0) is 28.4. The number of hydrogen-bond donors (Lipinski definition) is 0. The van der Waals surface area contributed by atoms with Crippen molar-refractivity contribution in [3.8, 4) is 0 Å². The van der Waals surface area contributed by atoms with Crippen molar-refractivity contribution in [3.05, 3.63) is 70.5 Å². The van der Waals surface area contributed by atoms with E-state index in [1.807, 2.05) is 11.2 Å². The lowest BCUT2D eigenvalue weighted by Crippen LogP contribution is -2.46. The first-order valence-corrected chi connectivity index (χ1v) is 15.4. The molecule has 0 bridgehead atoms. The SMILES string of the molecule is O=S(=O)(c1cc(C(F)(F)F)ccc1Cl)N(CC1CC1)C[C@H]1CCC2=CC3C(C=NN3c3ccc(F)cc3)C[C@@]21Cl. The highest BCUT2D eigenvalue weighted by Gasteiger charge is 2.53. The van der Waals surface area contributed by atoms with E-state index in [9.17, 15) is 26.0 Å². The summed E-state index contributed by atoms with van der Waals surface area (Å²) in [4.78, 5) is -1.34. The monoisotopic (exact) mass is 615 g/mol. The molecule has 214 valence electrons. The number of halogens is 6. The molecular weight excluding hydrogens is 589 g/mol. The van der Waals surface area contributed by atoms with Gasteiger partial charge in [0.1, 0.15) is 10.7 Å². The Morgan fingerprint density at radius 2 is 1.80 bits per heavy atom. The van der Waals surface area contributed by atoms with Crippen LogP contribution in [0.5, 0.6) is 0 Å². The van der Waals surface area contributed by atoms with Crippen LogP contribution in [0.4, 0.5) is 23.2 Å². The summed E-state index contributed by atoms with van der Waals surface area (Å²) >= 11 is 13.5. The summed E-state index contributed by atoms with van der Waals surface area (Å²) in [5, 5.41) is 6.16. The summed E-state index contributed by atoms with van der Waals surface area (Å²) in [7, 11) is -4.33. The fraction of sp³-hybridized carbons (Fsp3) is 0.464. The quantitative estimate of drug-likeness (QED) is 0.189. The molecular formula is C28H27Cl2F4N3O2S. The molecule has 2 fully saturated rings. The molecule has 0 spiro atoms. The van der Waals surface area contributed by atoms with Gasteiger partial charge in [-0.2, -0.15) is 22.6 Å². The van der Waals surface area contributed by atoms with Crippen molar-refractivity contribution >= 4 is 45.1 Å². The van der Waals surface area contributed by atoms with Crippen LogP contribution >= 0.6 is 23.2 Å². The maximum absolute atomic E-state index is 13.8. The van der Waals surface area contributed by atoms with Crippen LogP contribution < -0.4 is 5.01 Å². The number of fused-ring (bicyclic) bond motifs is 2. The number of alkyl halides is 4. The minimum Gasteiger partial charge on any atom is -0.258 e. The van der Waals surface area contributed by atoms with Crippen LogP contribution in [0.25, 0.3) is 0 Å². The molecule has 0 saturated heterocycles. The molecule has 4 aliphatic rings. The van der Waals surface area contributed by atoms with Gasteiger partial charge in [-0.1, -0.05) is 23.3 Å². The lowest BCUT2D eigenvalue weighted by molar-refractivity contribution is -0.137. The maximum Gasteiger partial charge on any atom is 0.416 e. The first-order chi connectivity index (χ1) is 18.9. The van der Waals surface area contributed by atoms with Gasteiger partial charge >= 0.3 is 6.18 Å². The summed E-state index contributed by atoms with van der Waals surface area (Å²) in [6.45, 7) is 0.297. The van der Waals surface area contributed by atoms with Crippen molar-refractivity contribution in [2.75, 3.05) is 18.1 Å². The highest BCUT2D eigenvalue weighted by Crippen LogP contribution is 2.54. The van der Waals surface area contributed by atoms with Crippen LogP contribution in [0.2, 0.25) is 5.02 Å². The van der Waals surface area contributed by atoms with Gasteiger partial charge in [0.15, 0.2) is 0 Å². The highest BCUT2D eigenvalue weighted by molar-refractivity contribution is 7.89. The molecule has 6 rings (SSSR count). The number of rotatable bonds is 7. The van der Waals surface area contributed by atoms with E-state index in [2.05, 4.69) is 11.2 Å². The molecule has 2 unspecified atom stereocenters. The lowest BCUT2D eigenvalue weighted by atomic mass is 9.76. The van der Waals surface area contributed by atoms with Gasteiger partial charge in [-0.3, -0.25) is 5.01 Å². The van der Waals surface area contributed by atoms with Gasteiger partial charge in [0, 0.05) is 25.2 Å². The number of sulfonamides is 1. The second-order valence-corrected chi connectivity index (χ2v) is 14.1. The van der Waals surface area contributed by atoms with Crippen molar-refractivity contribution in [2.45, 2.75) is 54.1 Å². The summed E-state index contributed by atoms with van der Waals surface area (Å²) in [5.41, 5.74) is 0.712. The minimum absolute atomic E-state index is 0.0293. The van der Waals surface area contributed by atoms with Gasteiger partial charge in [-0.25, -0.2) is 12.8 Å². The molecule has 0 aromatic heterocycles. The van der Waals surface area contributed by atoms with Crippen LogP contribution in [-0.2, 0) is 16.2 Å². The van der Waals surface area contributed by atoms with E-state index in [1.54, 1.807) is 12.1 Å². The van der Waals surface area contributed by atoms with Crippen molar-refractivity contribution < 1.29 is 26.0 Å². The topological polar surface area (TPSA) is 53.0 Å². The molecule has 12 heteroatoms. The summed E-state index contributed by atoms with van der Waals surface area (Å²) in [6, 6.07) is 8.43. The van der Waals surface area contributed by atoms with Crippen LogP contribution in [0, 0.1) is 23.6 Å². The third-order valence-electron chi connectivity index (χ3n) is 8.50. The van der Waals surface area contributed by atoms with E-state index < -0.39 is 31.5 Å². The van der Waals surface area contributed by atoms with Gasteiger partial charge in [-0.05, 0) is 86.4 Å². The molecule has 2 aromatic rings. The molecule has 2 aromatic carbocycles. The number of benzene rings is 2. The summed E-state index contributed by atoms with van der Waals surface area (Å²) < 4.78 is 82.7. The van der Waals surface area contributed by atoms with Gasteiger partial charge in [0.05, 0.1) is 27.2 Å². The summed E-state index contributed by atoms with van der Waals surface area (Å²) in [5.74, 6) is -0.448. The van der Waals surface area contributed by atoms with E-state index in [0.717, 1.165) is 36.2 Å². The van der Waals surface area contributed by atoms with Crippen molar-refractivity contribution in [2.24, 2.45) is 22.9 Å². The number of allylic oxidation sites excluding steroid dienone is 1. The molecule has 2 saturated carbocycles. The Morgan fingerprint density at radius 3 is 2.48 bits per heavy atom. The number of hydrogen-bond acceptors (Lipinski definition) is 4. The van der Waals surface area contributed by atoms with E-state index in [4.69, 9.17) is 23.2 Å². The molecule has 4 atom stereocenters. The smallest absolute Gasteiger partial charge is 0.258 e. The average Bonchev–Trinajstić information content (AvgIpc) is 3.54. The van der Waals surface area contributed by atoms with Crippen LogP contribution in [0.15, 0.2) is 64.1 Å². The van der Waals surface area contributed by atoms with Crippen molar-refractivity contribution in [1.29, 1.82) is 0 Å². The van der Waals surface area contributed by atoms with Crippen molar-refractivity contribution in [1.82, 2.24) is 4.31 Å². The number of hydrazone groups is 1. The minimum atomic E-state index is -4.70. The average molecular weight is 617 g/mol. The predicted octanol–water partition coefficient (Wildman–Crippen LogP) is 7.11. The van der Waals surface area contributed by atoms with Crippen LogP contribution in [0.1, 0.15) is 37.7 Å². The molecule has 1 aliphatic heterocycles. The fourth-order valence-electron chi connectivity index (χ4n) is 6.16. The lowest BCUT2D eigenvalue weighted by Gasteiger charge is -2.40. The highest BCUT2D eigenvalue weighted by atomic mass is 35.5. The Bertz CT molecular complexity index is 1480.